The third-order valence-electron chi connectivity index (χ3n) is 3.21. The maximum Gasteiger partial charge on any atom is 0.387 e. The molecule has 0 aliphatic heterocycles. The van der Waals surface area contributed by atoms with Gasteiger partial charge in [-0.3, -0.25) is 0 Å². The van der Waals surface area contributed by atoms with Crippen molar-refractivity contribution in [3.63, 3.8) is 0 Å². The maximum absolute atomic E-state index is 12.1. The molecule has 0 heterocycles. The first-order chi connectivity index (χ1) is 10.1. The third kappa shape index (κ3) is 4.93. The molecule has 21 heavy (non-hydrogen) atoms. The molecule has 2 rings (SSSR count). The van der Waals surface area contributed by atoms with Gasteiger partial charge >= 0.3 is 6.61 Å². The summed E-state index contributed by atoms with van der Waals surface area (Å²) in [6, 6.07) is 15.2. The molecule has 0 bridgehead atoms. The van der Waals surface area contributed by atoms with Gasteiger partial charge in [0.1, 0.15) is 5.75 Å². The number of halogens is 3. The number of alkyl halides is 2. The fraction of sp³-hybridized carbons (Fsp3) is 0.250. The van der Waals surface area contributed by atoms with Crippen LogP contribution in [0.2, 0.25) is 0 Å². The van der Waals surface area contributed by atoms with E-state index in [4.69, 9.17) is 0 Å². The van der Waals surface area contributed by atoms with E-state index in [1.54, 1.807) is 12.1 Å². The quantitative estimate of drug-likeness (QED) is 0.723. The fourth-order valence-corrected chi connectivity index (χ4v) is 2.48. The Morgan fingerprint density at radius 3 is 2.19 bits per heavy atom. The van der Waals surface area contributed by atoms with Crippen LogP contribution in [0.15, 0.2) is 48.5 Å². The lowest BCUT2D eigenvalue weighted by Crippen LogP contribution is -2.18. The molecule has 0 aliphatic carbocycles. The Labute approximate surface area is 136 Å². The predicted octanol–water partition coefficient (Wildman–Crippen LogP) is 4.40. The van der Waals surface area contributed by atoms with Gasteiger partial charge in [-0.15, -0.1) is 0 Å². The summed E-state index contributed by atoms with van der Waals surface area (Å²) >= 11 is 2.27. The van der Waals surface area contributed by atoms with Gasteiger partial charge in [0, 0.05) is 9.61 Å². The SMILES string of the molecule is CNC(Cc1ccc(I)cc1)c1ccc(OC(F)F)cc1. The van der Waals surface area contributed by atoms with Crippen LogP contribution in [-0.4, -0.2) is 13.7 Å². The molecule has 1 unspecified atom stereocenters. The van der Waals surface area contributed by atoms with Crippen LogP contribution < -0.4 is 10.1 Å². The number of nitrogens with one attached hydrogen (secondary N) is 1. The molecule has 1 atom stereocenters. The summed E-state index contributed by atoms with van der Waals surface area (Å²) in [7, 11) is 1.89. The summed E-state index contributed by atoms with van der Waals surface area (Å²) in [5, 5.41) is 3.25. The van der Waals surface area contributed by atoms with Crippen molar-refractivity contribution >= 4 is 22.6 Å². The lowest BCUT2D eigenvalue weighted by Gasteiger charge is -2.17. The zero-order valence-corrected chi connectivity index (χ0v) is 13.7. The monoisotopic (exact) mass is 403 g/mol. The minimum atomic E-state index is -2.79. The van der Waals surface area contributed by atoms with Crippen LogP contribution in [0.1, 0.15) is 17.2 Å². The highest BCUT2D eigenvalue weighted by molar-refractivity contribution is 14.1. The van der Waals surface area contributed by atoms with E-state index in [2.05, 4.69) is 56.9 Å². The van der Waals surface area contributed by atoms with Crippen LogP contribution in [0.4, 0.5) is 8.78 Å². The Morgan fingerprint density at radius 1 is 1.05 bits per heavy atom. The first kappa shape index (κ1) is 16.2. The van der Waals surface area contributed by atoms with Crippen LogP contribution >= 0.6 is 22.6 Å². The third-order valence-corrected chi connectivity index (χ3v) is 3.93. The minimum Gasteiger partial charge on any atom is -0.435 e. The molecule has 2 nitrogen and oxygen atoms in total. The van der Waals surface area contributed by atoms with Gasteiger partial charge in [0.15, 0.2) is 0 Å². The normalized spacial score (nSPS) is 12.4. The summed E-state index contributed by atoms with van der Waals surface area (Å²) in [5.41, 5.74) is 2.26. The van der Waals surface area contributed by atoms with Gasteiger partial charge in [-0.05, 0) is 71.5 Å². The summed E-state index contributed by atoms with van der Waals surface area (Å²) < 4.78 is 29.8. The summed E-state index contributed by atoms with van der Waals surface area (Å²) in [6.07, 6.45) is 0.836. The van der Waals surface area contributed by atoms with Crippen molar-refractivity contribution in [3.05, 3.63) is 63.2 Å². The molecule has 0 amide bonds. The number of benzene rings is 2. The molecule has 112 valence electrons. The number of hydrogen-bond donors (Lipinski definition) is 1. The van der Waals surface area contributed by atoms with E-state index in [1.807, 2.05) is 19.2 Å². The molecule has 0 fully saturated rings. The second-order valence-electron chi connectivity index (χ2n) is 4.62. The highest BCUT2D eigenvalue weighted by Crippen LogP contribution is 2.22. The summed E-state index contributed by atoms with van der Waals surface area (Å²) in [5.74, 6) is 0.179. The standard InChI is InChI=1S/C16H16F2INO/c1-20-15(10-11-2-6-13(19)7-3-11)12-4-8-14(9-5-12)21-16(17)18/h2-9,15-16,20H,10H2,1H3. The Balaban J connectivity index is 2.08. The first-order valence-electron chi connectivity index (χ1n) is 6.55. The number of likely N-dealkylation sites (N-methyl/N-ethyl adjacent to an activating group) is 1. The maximum atomic E-state index is 12.1. The fourth-order valence-electron chi connectivity index (χ4n) is 2.12. The minimum absolute atomic E-state index is 0.130. The van der Waals surface area contributed by atoms with Gasteiger partial charge in [0.25, 0.3) is 0 Å². The van der Waals surface area contributed by atoms with E-state index in [1.165, 1.54) is 9.13 Å². The first-order valence-corrected chi connectivity index (χ1v) is 7.63. The van der Waals surface area contributed by atoms with E-state index in [-0.39, 0.29) is 11.8 Å². The zero-order valence-electron chi connectivity index (χ0n) is 11.5. The highest BCUT2D eigenvalue weighted by atomic mass is 127. The molecule has 0 radical (unpaired) electrons. The molecule has 2 aromatic rings. The van der Waals surface area contributed by atoms with Crippen molar-refractivity contribution in [3.8, 4) is 5.75 Å². The zero-order chi connectivity index (χ0) is 15.2. The smallest absolute Gasteiger partial charge is 0.387 e. The topological polar surface area (TPSA) is 21.3 Å². The molecule has 0 aromatic heterocycles. The highest BCUT2D eigenvalue weighted by Gasteiger charge is 2.11. The number of rotatable bonds is 6. The van der Waals surface area contributed by atoms with Gasteiger partial charge in [0.05, 0.1) is 0 Å². The molecule has 5 heteroatoms. The van der Waals surface area contributed by atoms with Crippen molar-refractivity contribution in [2.45, 2.75) is 19.1 Å². The number of ether oxygens (including phenoxy) is 1. The van der Waals surface area contributed by atoms with Crippen LogP contribution in [-0.2, 0) is 6.42 Å². The molecule has 2 aromatic carbocycles. The summed E-state index contributed by atoms with van der Waals surface area (Å²) in [4.78, 5) is 0. The molecule has 1 N–H and O–H groups in total. The summed E-state index contributed by atoms with van der Waals surface area (Å²) in [6.45, 7) is -2.79. The molecule has 0 spiro atoms. The Hall–Kier alpha value is -1.21. The largest absolute Gasteiger partial charge is 0.435 e. The van der Waals surface area contributed by atoms with Gasteiger partial charge in [0.2, 0.25) is 0 Å². The van der Waals surface area contributed by atoms with Gasteiger partial charge in [-0.25, -0.2) is 0 Å². The second-order valence-corrected chi connectivity index (χ2v) is 5.87. The van der Waals surface area contributed by atoms with Crippen molar-refractivity contribution < 1.29 is 13.5 Å². The Morgan fingerprint density at radius 2 is 1.67 bits per heavy atom. The van der Waals surface area contributed by atoms with Crippen molar-refractivity contribution in [1.82, 2.24) is 5.32 Å². The van der Waals surface area contributed by atoms with E-state index in [9.17, 15) is 8.78 Å². The number of hydrogen-bond acceptors (Lipinski definition) is 2. The Bertz CT molecular complexity index is 557. The lowest BCUT2D eigenvalue weighted by molar-refractivity contribution is -0.0498. The second kappa shape index (κ2) is 7.70. The van der Waals surface area contributed by atoms with E-state index >= 15 is 0 Å². The molecule has 0 saturated heterocycles. The van der Waals surface area contributed by atoms with E-state index < -0.39 is 6.61 Å². The van der Waals surface area contributed by atoms with Gasteiger partial charge in [-0.2, -0.15) is 8.78 Å². The van der Waals surface area contributed by atoms with E-state index in [0.29, 0.717) is 0 Å². The van der Waals surface area contributed by atoms with Crippen molar-refractivity contribution in [2.24, 2.45) is 0 Å². The lowest BCUT2D eigenvalue weighted by atomic mass is 9.99. The molecule has 0 aliphatic rings. The van der Waals surface area contributed by atoms with Crippen LogP contribution in [0.25, 0.3) is 0 Å². The van der Waals surface area contributed by atoms with Crippen LogP contribution in [0, 0.1) is 3.57 Å². The van der Waals surface area contributed by atoms with Crippen LogP contribution in [0.5, 0.6) is 5.75 Å². The van der Waals surface area contributed by atoms with Gasteiger partial charge in [-0.1, -0.05) is 24.3 Å². The average Bonchev–Trinajstić information content (AvgIpc) is 2.47. The van der Waals surface area contributed by atoms with Crippen molar-refractivity contribution in [2.75, 3.05) is 7.05 Å². The van der Waals surface area contributed by atoms with Crippen molar-refractivity contribution in [1.29, 1.82) is 0 Å². The van der Waals surface area contributed by atoms with E-state index in [0.717, 1.165) is 12.0 Å². The predicted molar refractivity (Wildman–Crippen MR) is 87.7 cm³/mol. The molecular weight excluding hydrogens is 387 g/mol. The molecular formula is C16H16F2INO. The molecule has 0 saturated carbocycles. The average molecular weight is 403 g/mol. The van der Waals surface area contributed by atoms with Crippen LogP contribution in [0.3, 0.4) is 0 Å². The van der Waals surface area contributed by atoms with Gasteiger partial charge < -0.3 is 10.1 Å². The Kier molecular flexibility index (Phi) is 5.93.